The molecule has 0 spiro atoms. The highest BCUT2D eigenvalue weighted by Gasteiger charge is 2.41. The van der Waals surface area contributed by atoms with Crippen LogP contribution in [0.1, 0.15) is 83.6 Å². The van der Waals surface area contributed by atoms with Crippen molar-refractivity contribution in [2.45, 2.75) is 111 Å². The number of hydrogen-bond donors (Lipinski definition) is 4. The minimum atomic E-state index is -0.915. The number of aryl methyl sites for hydroxylation is 1. The second-order valence-corrected chi connectivity index (χ2v) is 17.9. The van der Waals surface area contributed by atoms with Gasteiger partial charge < -0.3 is 54.6 Å². The zero-order valence-corrected chi connectivity index (χ0v) is 40.5. The Labute approximate surface area is 402 Å². The van der Waals surface area contributed by atoms with E-state index in [1.165, 1.54) is 19.1 Å². The summed E-state index contributed by atoms with van der Waals surface area (Å²) in [6.45, 7) is 12.4. The molecule has 1 aliphatic heterocycles. The maximum absolute atomic E-state index is 13.4. The van der Waals surface area contributed by atoms with Crippen LogP contribution in [0.25, 0.3) is 0 Å². The lowest BCUT2D eigenvalue weighted by Gasteiger charge is -2.22. The van der Waals surface area contributed by atoms with Gasteiger partial charge in [0, 0.05) is 44.6 Å². The zero-order chi connectivity index (χ0) is 50.7. The summed E-state index contributed by atoms with van der Waals surface area (Å²) in [5.41, 5.74) is 3.16. The third kappa shape index (κ3) is 18.1. The molecule has 18 nitrogen and oxygen atoms in total. The summed E-state index contributed by atoms with van der Waals surface area (Å²) in [6, 6.07) is 13.2. The minimum absolute atomic E-state index is 0.0487. The SMILES string of the molecule is COC(=O)C1CC(NC(=O)OCC#CC2=C(C)C(C#CCOC(=O)NCc3cccc(CNC(=O)OC(C)(C)C)c3)C(=C=O)C(OC)=C2)CN1C(=O)CCc1cccc(CNC(=O)OC(C)(C)C)c1. The summed E-state index contributed by atoms with van der Waals surface area (Å²) in [6.07, 6.45) is -0.515. The van der Waals surface area contributed by atoms with Crippen molar-refractivity contribution in [2.75, 3.05) is 34.0 Å². The molecular formula is C51H61N5O13. The molecule has 3 atom stereocenters. The van der Waals surface area contributed by atoms with E-state index in [4.69, 9.17) is 28.4 Å². The summed E-state index contributed by atoms with van der Waals surface area (Å²) < 4.78 is 31.5. The fourth-order valence-corrected chi connectivity index (χ4v) is 7.03. The number of nitrogens with zero attached hydrogens (tertiary/aromatic N) is 1. The van der Waals surface area contributed by atoms with E-state index in [1.807, 2.05) is 48.4 Å². The van der Waals surface area contributed by atoms with Crippen molar-refractivity contribution in [3.8, 4) is 23.7 Å². The molecule has 4 rings (SSSR count). The fourth-order valence-electron chi connectivity index (χ4n) is 7.03. The van der Waals surface area contributed by atoms with Gasteiger partial charge in [-0.15, -0.1) is 0 Å². The molecule has 2 aliphatic rings. The molecular weight excluding hydrogens is 891 g/mol. The molecule has 69 heavy (non-hydrogen) atoms. The Hall–Kier alpha value is -7.69. The van der Waals surface area contributed by atoms with Crippen LogP contribution < -0.4 is 21.3 Å². The summed E-state index contributed by atoms with van der Waals surface area (Å²) in [4.78, 5) is 89.0. The van der Waals surface area contributed by atoms with Crippen LogP contribution >= 0.6 is 0 Å². The number of ether oxygens (including phenoxy) is 6. The second-order valence-electron chi connectivity index (χ2n) is 17.9. The Balaban J connectivity index is 1.27. The van der Waals surface area contributed by atoms with Crippen molar-refractivity contribution in [1.82, 2.24) is 26.2 Å². The molecule has 18 heteroatoms. The van der Waals surface area contributed by atoms with E-state index >= 15 is 0 Å². The zero-order valence-electron chi connectivity index (χ0n) is 40.5. The Morgan fingerprint density at radius 3 is 1.83 bits per heavy atom. The van der Waals surface area contributed by atoms with Crippen molar-refractivity contribution in [2.24, 2.45) is 5.92 Å². The lowest BCUT2D eigenvalue weighted by atomic mass is 9.84. The number of allylic oxidation sites excluding steroid dienone is 4. The summed E-state index contributed by atoms with van der Waals surface area (Å²) in [5, 5.41) is 10.8. The van der Waals surface area contributed by atoms with Crippen molar-refractivity contribution in [1.29, 1.82) is 0 Å². The minimum Gasteiger partial charge on any atom is -0.496 e. The molecule has 4 N–H and O–H groups in total. The molecule has 0 radical (unpaired) electrons. The third-order valence-corrected chi connectivity index (χ3v) is 10.2. The molecule has 1 aliphatic carbocycles. The predicted octanol–water partition coefficient (Wildman–Crippen LogP) is 5.71. The molecule has 0 saturated carbocycles. The average Bonchev–Trinajstić information content (AvgIpc) is 3.72. The Bertz CT molecular complexity index is 2470. The number of rotatable bonds is 14. The van der Waals surface area contributed by atoms with Crippen LogP contribution in [0.4, 0.5) is 19.2 Å². The Kier molecular flexibility index (Phi) is 19.9. The van der Waals surface area contributed by atoms with Gasteiger partial charge >= 0.3 is 30.3 Å². The van der Waals surface area contributed by atoms with E-state index in [-0.39, 0.29) is 69.5 Å². The van der Waals surface area contributed by atoms with Gasteiger partial charge in [0.25, 0.3) is 0 Å². The standard InChI is InChI=1S/C51H61N5O13/c1-33-38(26-43(64-8)41(32-57)40(33)19-13-23-66-46(60)52-28-36-16-11-17-37(25-36)30-54-48(62)69-51(5,6)7)18-12-22-67-49(63)55-39-27-42(45(59)65-9)56(31-39)44(58)21-20-34-14-10-15-35(24-34)29-53-47(61)68-50(2,3)4/h10-11,14-17,24-26,39-40,42H,20-23,27-31H2,1-9H3,(H,52,60)(H,53,61)(H,54,62)(H,55,63). The quantitative estimate of drug-likeness (QED) is 0.0772. The van der Waals surface area contributed by atoms with Gasteiger partial charge in [-0.1, -0.05) is 72.2 Å². The van der Waals surface area contributed by atoms with E-state index in [9.17, 15) is 33.6 Å². The first-order valence-corrected chi connectivity index (χ1v) is 22.2. The molecule has 1 heterocycles. The number of likely N-dealkylation sites (tertiary alicyclic amines) is 1. The molecule has 0 aromatic heterocycles. The molecule has 2 aromatic carbocycles. The monoisotopic (exact) mass is 951 g/mol. The number of methoxy groups -OCH3 is 2. The van der Waals surface area contributed by atoms with Crippen molar-refractivity contribution < 1.29 is 62.0 Å². The number of alkyl carbamates (subject to hydrolysis) is 4. The lowest BCUT2D eigenvalue weighted by Crippen LogP contribution is -2.42. The molecule has 3 unspecified atom stereocenters. The van der Waals surface area contributed by atoms with Crippen LogP contribution in [0.15, 0.2) is 77.1 Å². The third-order valence-electron chi connectivity index (χ3n) is 10.2. The maximum Gasteiger partial charge on any atom is 0.408 e. The lowest BCUT2D eigenvalue weighted by molar-refractivity contribution is -0.150. The smallest absolute Gasteiger partial charge is 0.408 e. The van der Waals surface area contributed by atoms with Gasteiger partial charge in [0.15, 0.2) is 13.2 Å². The number of carbonyl (C=O) groups excluding carboxylic acids is 7. The second kappa shape index (κ2) is 25.4. The highest BCUT2D eigenvalue weighted by atomic mass is 16.6. The van der Waals surface area contributed by atoms with Crippen molar-refractivity contribution in [3.63, 3.8) is 0 Å². The topological polar surface area (TPSA) is 226 Å². The molecule has 1 saturated heterocycles. The largest absolute Gasteiger partial charge is 0.496 e. The van der Waals surface area contributed by atoms with Crippen LogP contribution in [-0.4, -0.2) is 104 Å². The van der Waals surface area contributed by atoms with Crippen molar-refractivity contribution in [3.05, 3.63) is 99.3 Å². The number of nitrogens with one attached hydrogen (secondary N) is 4. The van der Waals surface area contributed by atoms with E-state index in [0.717, 1.165) is 22.3 Å². The molecule has 368 valence electrons. The maximum atomic E-state index is 13.4. The number of carbonyl (C=O) groups is 6. The van der Waals surface area contributed by atoms with Crippen LogP contribution in [0.3, 0.4) is 0 Å². The first kappa shape index (κ1) is 53.9. The van der Waals surface area contributed by atoms with Gasteiger partial charge in [-0.3, -0.25) is 4.79 Å². The van der Waals surface area contributed by atoms with E-state index < -0.39 is 59.5 Å². The van der Waals surface area contributed by atoms with Gasteiger partial charge in [-0.05, 0) is 88.8 Å². The number of hydrogen-bond acceptors (Lipinski definition) is 13. The highest BCUT2D eigenvalue weighted by molar-refractivity contribution is 5.86. The van der Waals surface area contributed by atoms with E-state index in [1.54, 1.807) is 60.6 Å². The fraction of sp³-hybridized carbons (Fsp3) is 0.451. The normalized spacial score (nSPS) is 16.4. The summed E-state index contributed by atoms with van der Waals surface area (Å²) in [5.74, 6) is 11.8. The van der Waals surface area contributed by atoms with Gasteiger partial charge in [0.05, 0.1) is 31.8 Å². The molecule has 0 bridgehead atoms. The van der Waals surface area contributed by atoms with E-state index in [2.05, 4.69) is 44.9 Å². The summed E-state index contributed by atoms with van der Waals surface area (Å²) in [7, 11) is 2.61. The molecule has 1 fully saturated rings. The molecule has 5 amide bonds. The number of esters is 1. The van der Waals surface area contributed by atoms with Crippen LogP contribution in [-0.2, 0) is 68.9 Å². The van der Waals surface area contributed by atoms with Gasteiger partial charge in [0.2, 0.25) is 5.91 Å². The van der Waals surface area contributed by atoms with Gasteiger partial charge in [0.1, 0.15) is 28.9 Å². The summed E-state index contributed by atoms with van der Waals surface area (Å²) >= 11 is 0. The molecule has 2 aromatic rings. The Morgan fingerprint density at radius 1 is 0.739 bits per heavy atom. The van der Waals surface area contributed by atoms with Crippen LogP contribution in [0.5, 0.6) is 0 Å². The van der Waals surface area contributed by atoms with Crippen molar-refractivity contribution >= 4 is 42.2 Å². The number of amides is 5. The first-order chi connectivity index (χ1) is 32.7. The first-order valence-electron chi connectivity index (χ1n) is 22.2. The highest BCUT2D eigenvalue weighted by Crippen LogP contribution is 2.32. The Morgan fingerprint density at radius 2 is 1.28 bits per heavy atom. The van der Waals surface area contributed by atoms with Gasteiger partial charge in [-0.2, -0.15) is 0 Å². The van der Waals surface area contributed by atoms with Crippen LogP contribution in [0.2, 0.25) is 0 Å². The van der Waals surface area contributed by atoms with Crippen LogP contribution in [0, 0.1) is 29.6 Å². The average molecular weight is 952 g/mol. The predicted molar refractivity (Wildman–Crippen MR) is 252 cm³/mol. The van der Waals surface area contributed by atoms with Gasteiger partial charge in [-0.25, -0.2) is 28.8 Å². The number of benzene rings is 2. The van der Waals surface area contributed by atoms with E-state index in [0.29, 0.717) is 17.6 Å².